The van der Waals surface area contributed by atoms with Crippen molar-refractivity contribution in [1.29, 1.82) is 0 Å². The lowest BCUT2D eigenvalue weighted by Gasteiger charge is -2.28. The van der Waals surface area contributed by atoms with E-state index < -0.39 is 0 Å². The highest BCUT2D eigenvalue weighted by molar-refractivity contribution is 5.78. The molecule has 0 aromatic carbocycles. The maximum Gasteiger partial charge on any atom is 0.0795 e. The zero-order valence-electron chi connectivity index (χ0n) is 18.2. The molecule has 0 radical (unpaired) electrons. The van der Waals surface area contributed by atoms with E-state index in [1.54, 1.807) is 0 Å². The number of aromatic nitrogens is 2. The van der Waals surface area contributed by atoms with Gasteiger partial charge in [0.2, 0.25) is 0 Å². The molecule has 2 aromatic heterocycles. The zero-order valence-corrected chi connectivity index (χ0v) is 18.2. The third-order valence-corrected chi connectivity index (χ3v) is 6.77. The molecule has 0 N–H and O–H groups in total. The molecular formula is C25H32N4O. The number of nitrogens with zero attached hydrogens (tertiary/aromatic N) is 4. The smallest absolute Gasteiger partial charge is 0.0795 e. The minimum atomic E-state index is 0.589. The van der Waals surface area contributed by atoms with E-state index in [2.05, 4.69) is 48.0 Å². The predicted octanol–water partition coefficient (Wildman–Crippen LogP) is 3.53. The second-order valence-corrected chi connectivity index (χ2v) is 9.10. The van der Waals surface area contributed by atoms with Crippen molar-refractivity contribution in [3.05, 3.63) is 52.5 Å². The molecule has 158 valence electrons. The van der Waals surface area contributed by atoms with Crippen LogP contribution in [0.4, 0.5) is 0 Å². The van der Waals surface area contributed by atoms with E-state index in [1.165, 1.54) is 35.2 Å². The second kappa shape index (κ2) is 8.58. The fourth-order valence-corrected chi connectivity index (χ4v) is 5.02. The van der Waals surface area contributed by atoms with Crippen molar-refractivity contribution in [2.75, 3.05) is 53.0 Å². The summed E-state index contributed by atoms with van der Waals surface area (Å²) >= 11 is 0. The zero-order chi connectivity index (χ0) is 20.5. The van der Waals surface area contributed by atoms with Crippen molar-refractivity contribution in [2.24, 2.45) is 0 Å². The molecule has 0 amide bonds. The van der Waals surface area contributed by atoms with Crippen LogP contribution in [0, 0.1) is 6.92 Å². The van der Waals surface area contributed by atoms with Gasteiger partial charge in [0.1, 0.15) is 0 Å². The number of pyridine rings is 2. The minimum absolute atomic E-state index is 0.589. The molecule has 5 heteroatoms. The topological polar surface area (TPSA) is 41.5 Å². The second-order valence-electron chi connectivity index (χ2n) is 9.10. The number of hydrogen-bond acceptors (Lipinski definition) is 5. The fourth-order valence-electron chi connectivity index (χ4n) is 5.02. The van der Waals surface area contributed by atoms with E-state index >= 15 is 0 Å². The third kappa shape index (κ3) is 4.20. The number of morpholine rings is 1. The molecule has 0 bridgehead atoms. The molecule has 0 saturated carbocycles. The molecule has 2 saturated heterocycles. The van der Waals surface area contributed by atoms with Gasteiger partial charge >= 0.3 is 0 Å². The van der Waals surface area contributed by atoms with E-state index in [0.717, 1.165) is 69.3 Å². The highest BCUT2D eigenvalue weighted by Gasteiger charge is 2.23. The Bertz CT molecular complexity index is 923. The van der Waals surface area contributed by atoms with Crippen LogP contribution in [0.1, 0.15) is 41.3 Å². The molecule has 2 fully saturated rings. The summed E-state index contributed by atoms with van der Waals surface area (Å²) in [5, 5.41) is 0. The molecule has 2 aromatic rings. The fraction of sp³-hybridized carbons (Fsp3) is 0.520. The van der Waals surface area contributed by atoms with E-state index in [9.17, 15) is 0 Å². The van der Waals surface area contributed by atoms with Crippen molar-refractivity contribution in [3.8, 4) is 11.3 Å². The normalized spacial score (nSPS) is 20.9. The molecule has 2 aliphatic heterocycles. The Kier molecular flexibility index (Phi) is 5.68. The number of rotatable bonds is 4. The molecule has 0 unspecified atom stereocenters. The van der Waals surface area contributed by atoms with Gasteiger partial charge in [0.25, 0.3) is 0 Å². The van der Waals surface area contributed by atoms with Gasteiger partial charge in [0, 0.05) is 54.3 Å². The Morgan fingerprint density at radius 1 is 1.10 bits per heavy atom. The molecule has 0 spiro atoms. The van der Waals surface area contributed by atoms with Gasteiger partial charge in [-0.15, -0.1) is 0 Å². The van der Waals surface area contributed by atoms with Crippen LogP contribution in [0.15, 0.2) is 30.0 Å². The largest absolute Gasteiger partial charge is 0.379 e. The van der Waals surface area contributed by atoms with Gasteiger partial charge in [0.05, 0.1) is 18.9 Å². The van der Waals surface area contributed by atoms with Gasteiger partial charge in [-0.25, -0.2) is 0 Å². The van der Waals surface area contributed by atoms with Gasteiger partial charge in [0.15, 0.2) is 0 Å². The highest BCUT2D eigenvalue weighted by atomic mass is 16.5. The summed E-state index contributed by atoms with van der Waals surface area (Å²) in [6, 6.07) is 6.72. The first-order valence-corrected chi connectivity index (χ1v) is 11.3. The van der Waals surface area contributed by atoms with Crippen molar-refractivity contribution in [1.82, 2.24) is 19.8 Å². The standard InChI is InChI=1S/C25H32N4O/c1-18-13-22-14-19(17-29-9-11-30-12-10-29)15-23(22)25(27-18)21-3-4-24(26-16-21)20-5-7-28(2)8-6-20/h3-4,13,15-16,20H,5-12,14,17H2,1-2H3. The predicted molar refractivity (Wildman–Crippen MR) is 121 cm³/mol. The number of fused-ring (bicyclic) bond motifs is 1. The SMILES string of the molecule is Cc1cc2c(c(-c3ccc(C4CCN(C)CC4)nc3)n1)C=C(CN1CCOCC1)C2. The minimum Gasteiger partial charge on any atom is -0.379 e. The van der Waals surface area contributed by atoms with Crippen LogP contribution >= 0.6 is 0 Å². The summed E-state index contributed by atoms with van der Waals surface area (Å²) in [5.41, 5.74) is 8.72. The molecule has 5 rings (SSSR count). The Morgan fingerprint density at radius 2 is 1.90 bits per heavy atom. The van der Waals surface area contributed by atoms with Crippen molar-refractivity contribution in [2.45, 2.75) is 32.1 Å². The van der Waals surface area contributed by atoms with Crippen LogP contribution < -0.4 is 0 Å². The summed E-state index contributed by atoms with van der Waals surface area (Å²) < 4.78 is 5.50. The van der Waals surface area contributed by atoms with Gasteiger partial charge in [-0.1, -0.05) is 11.6 Å². The summed E-state index contributed by atoms with van der Waals surface area (Å²) in [6.07, 6.45) is 7.86. The first-order valence-electron chi connectivity index (χ1n) is 11.3. The molecular weight excluding hydrogens is 372 g/mol. The summed E-state index contributed by atoms with van der Waals surface area (Å²) in [5.74, 6) is 0.589. The summed E-state index contributed by atoms with van der Waals surface area (Å²) in [6.45, 7) is 9.21. The molecule has 1 aliphatic carbocycles. The number of likely N-dealkylation sites (tertiary alicyclic amines) is 1. The maximum atomic E-state index is 5.50. The van der Waals surface area contributed by atoms with Crippen LogP contribution in [0.25, 0.3) is 17.3 Å². The molecule has 3 aliphatic rings. The summed E-state index contributed by atoms with van der Waals surface area (Å²) in [4.78, 5) is 14.7. The van der Waals surface area contributed by atoms with Crippen molar-refractivity contribution < 1.29 is 4.74 Å². The van der Waals surface area contributed by atoms with Crippen LogP contribution in [0.2, 0.25) is 0 Å². The van der Waals surface area contributed by atoms with Crippen molar-refractivity contribution >= 4 is 6.08 Å². The lowest BCUT2D eigenvalue weighted by Crippen LogP contribution is -2.37. The Hall–Kier alpha value is -2.08. The van der Waals surface area contributed by atoms with Gasteiger partial charge < -0.3 is 9.64 Å². The van der Waals surface area contributed by atoms with Gasteiger partial charge in [-0.3, -0.25) is 14.9 Å². The first kappa shape index (κ1) is 19.9. The maximum absolute atomic E-state index is 5.50. The van der Waals surface area contributed by atoms with Gasteiger partial charge in [-0.2, -0.15) is 0 Å². The number of aryl methyl sites for hydroxylation is 1. The molecule has 5 nitrogen and oxygen atoms in total. The lowest BCUT2D eigenvalue weighted by atomic mass is 9.93. The van der Waals surface area contributed by atoms with E-state index in [-0.39, 0.29) is 0 Å². The van der Waals surface area contributed by atoms with Crippen LogP contribution in [0.5, 0.6) is 0 Å². The third-order valence-electron chi connectivity index (χ3n) is 6.77. The highest BCUT2D eigenvalue weighted by Crippen LogP contribution is 2.34. The average molecular weight is 405 g/mol. The summed E-state index contributed by atoms with van der Waals surface area (Å²) in [7, 11) is 2.21. The molecule has 0 atom stereocenters. The van der Waals surface area contributed by atoms with Crippen molar-refractivity contribution in [3.63, 3.8) is 0 Å². The molecule has 4 heterocycles. The Balaban J connectivity index is 1.37. The average Bonchev–Trinajstić information content (AvgIpc) is 3.16. The van der Waals surface area contributed by atoms with Crippen LogP contribution in [0.3, 0.4) is 0 Å². The lowest BCUT2D eigenvalue weighted by molar-refractivity contribution is 0.0422. The number of hydrogen-bond donors (Lipinski definition) is 0. The number of piperidine rings is 1. The Labute approximate surface area is 179 Å². The number of ether oxygens (including phenoxy) is 1. The van der Waals surface area contributed by atoms with Crippen LogP contribution in [-0.4, -0.2) is 72.8 Å². The first-order chi connectivity index (χ1) is 14.7. The van der Waals surface area contributed by atoms with E-state index in [4.69, 9.17) is 14.7 Å². The van der Waals surface area contributed by atoms with E-state index in [0.29, 0.717) is 5.92 Å². The molecule has 30 heavy (non-hydrogen) atoms. The van der Waals surface area contributed by atoms with Gasteiger partial charge in [-0.05, 0) is 70.1 Å². The monoisotopic (exact) mass is 404 g/mol. The van der Waals surface area contributed by atoms with Crippen LogP contribution in [-0.2, 0) is 11.2 Å². The van der Waals surface area contributed by atoms with E-state index in [1.807, 2.05) is 6.20 Å². The quantitative estimate of drug-likeness (QED) is 0.780. The Morgan fingerprint density at radius 3 is 2.63 bits per heavy atom.